The SMILES string of the molecule is S=C=Nc1ccc(-c2cc(-c3ccccn3)nc(-c3ccccn3)c2)cc1. The average molecular weight is 366 g/mol. The Bertz CT molecular complexity index is 1050. The van der Waals surface area contributed by atoms with Gasteiger partial charge in [-0.15, -0.1) is 0 Å². The van der Waals surface area contributed by atoms with E-state index in [1.807, 2.05) is 72.8 Å². The lowest BCUT2D eigenvalue weighted by Gasteiger charge is -2.09. The van der Waals surface area contributed by atoms with Crippen LogP contribution < -0.4 is 0 Å². The second-order valence-electron chi connectivity index (χ2n) is 5.81. The quantitative estimate of drug-likeness (QED) is 0.348. The highest BCUT2D eigenvalue weighted by atomic mass is 32.1. The van der Waals surface area contributed by atoms with Crippen molar-refractivity contribution in [1.29, 1.82) is 0 Å². The maximum atomic E-state index is 4.78. The van der Waals surface area contributed by atoms with Crippen molar-refractivity contribution in [1.82, 2.24) is 15.0 Å². The van der Waals surface area contributed by atoms with Gasteiger partial charge >= 0.3 is 0 Å². The molecule has 27 heavy (non-hydrogen) atoms. The van der Waals surface area contributed by atoms with Crippen LogP contribution in [0.4, 0.5) is 5.69 Å². The summed E-state index contributed by atoms with van der Waals surface area (Å²) in [6.07, 6.45) is 3.53. The first-order valence-electron chi connectivity index (χ1n) is 8.37. The van der Waals surface area contributed by atoms with Gasteiger partial charge in [0.1, 0.15) is 0 Å². The summed E-state index contributed by atoms with van der Waals surface area (Å²) in [5.41, 5.74) is 6.10. The van der Waals surface area contributed by atoms with Crippen LogP contribution in [-0.2, 0) is 0 Å². The summed E-state index contributed by atoms with van der Waals surface area (Å²) in [7, 11) is 0. The summed E-state index contributed by atoms with van der Waals surface area (Å²) in [4.78, 5) is 17.7. The van der Waals surface area contributed by atoms with Gasteiger partial charge in [-0.3, -0.25) is 9.97 Å². The molecule has 0 radical (unpaired) electrons. The Hall–Kier alpha value is -3.53. The molecule has 0 saturated carbocycles. The van der Waals surface area contributed by atoms with Crippen molar-refractivity contribution in [2.45, 2.75) is 0 Å². The minimum atomic E-state index is 0.776. The summed E-state index contributed by atoms with van der Waals surface area (Å²) < 4.78 is 0. The zero-order valence-electron chi connectivity index (χ0n) is 14.3. The van der Waals surface area contributed by atoms with Gasteiger partial charge in [-0.25, -0.2) is 4.98 Å². The van der Waals surface area contributed by atoms with Gasteiger partial charge in [0.25, 0.3) is 0 Å². The molecule has 0 spiro atoms. The molecule has 0 aliphatic heterocycles. The Kier molecular flexibility index (Phi) is 4.88. The van der Waals surface area contributed by atoms with E-state index < -0.39 is 0 Å². The van der Waals surface area contributed by atoms with E-state index >= 15 is 0 Å². The second kappa shape index (κ2) is 7.79. The maximum absolute atomic E-state index is 4.78. The van der Waals surface area contributed by atoms with Crippen LogP contribution in [0.25, 0.3) is 33.9 Å². The molecule has 0 aliphatic rings. The fourth-order valence-corrected chi connectivity index (χ4v) is 2.87. The number of rotatable bonds is 4. The van der Waals surface area contributed by atoms with Gasteiger partial charge < -0.3 is 0 Å². The van der Waals surface area contributed by atoms with E-state index in [0.29, 0.717) is 0 Å². The Morgan fingerprint density at radius 3 is 1.74 bits per heavy atom. The molecule has 128 valence electrons. The van der Waals surface area contributed by atoms with Crippen LogP contribution in [0.1, 0.15) is 0 Å². The lowest BCUT2D eigenvalue weighted by atomic mass is 10.0. The molecule has 4 aromatic rings. The van der Waals surface area contributed by atoms with E-state index in [2.05, 4.69) is 32.3 Å². The number of hydrogen-bond acceptors (Lipinski definition) is 5. The fraction of sp³-hybridized carbons (Fsp3) is 0. The molecule has 3 heterocycles. The fourth-order valence-electron chi connectivity index (χ4n) is 2.77. The van der Waals surface area contributed by atoms with Gasteiger partial charge in [0.05, 0.1) is 33.6 Å². The van der Waals surface area contributed by atoms with Crippen LogP contribution >= 0.6 is 12.2 Å². The molecule has 0 N–H and O–H groups in total. The van der Waals surface area contributed by atoms with E-state index in [1.165, 1.54) is 0 Å². The molecule has 3 aromatic heterocycles. The minimum Gasteiger partial charge on any atom is -0.255 e. The molecule has 0 aliphatic carbocycles. The summed E-state index contributed by atoms with van der Waals surface area (Å²) in [5, 5.41) is 2.39. The van der Waals surface area contributed by atoms with E-state index in [-0.39, 0.29) is 0 Å². The Balaban J connectivity index is 1.86. The third-order valence-corrected chi connectivity index (χ3v) is 4.15. The highest BCUT2D eigenvalue weighted by Crippen LogP contribution is 2.29. The number of hydrogen-bond donors (Lipinski definition) is 0. The number of isothiocyanates is 1. The van der Waals surface area contributed by atoms with Crippen molar-refractivity contribution in [3.8, 4) is 33.9 Å². The predicted octanol–water partition coefficient (Wildman–Crippen LogP) is 5.61. The molecule has 0 fully saturated rings. The third-order valence-electron chi connectivity index (χ3n) is 4.06. The van der Waals surface area contributed by atoms with E-state index in [0.717, 1.165) is 39.6 Å². The van der Waals surface area contributed by atoms with Crippen molar-refractivity contribution in [3.63, 3.8) is 0 Å². The second-order valence-corrected chi connectivity index (χ2v) is 5.99. The van der Waals surface area contributed by atoms with Crippen LogP contribution in [-0.4, -0.2) is 20.1 Å². The van der Waals surface area contributed by atoms with Gasteiger partial charge in [0, 0.05) is 12.4 Å². The first-order valence-corrected chi connectivity index (χ1v) is 8.77. The monoisotopic (exact) mass is 366 g/mol. The van der Waals surface area contributed by atoms with Crippen LogP contribution in [0.15, 0.2) is 90.2 Å². The maximum Gasteiger partial charge on any atom is 0.0900 e. The number of benzene rings is 1. The number of aromatic nitrogens is 3. The molecule has 0 bridgehead atoms. The van der Waals surface area contributed by atoms with E-state index in [4.69, 9.17) is 4.98 Å². The van der Waals surface area contributed by atoms with Crippen molar-refractivity contribution in [3.05, 3.63) is 85.2 Å². The third kappa shape index (κ3) is 3.85. The number of thiocarbonyl (C=S) groups is 1. The molecule has 0 amide bonds. The Labute approximate surface area is 162 Å². The summed E-state index contributed by atoms with van der Waals surface area (Å²) >= 11 is 4.66. The highest BCUT2D eigenvalue weighted by Gasteiger charge is 2.10. The molecule has 1 aromatic carbocycles. The zero-order valence-corrected chi connectivity index (χ0v) is 15.1. The lowest BCUT2D eigenvalue weighted by Crippen LogP contribution is -1.93. The molecular formula is C22H14N4S. The average Bonchev–Trinajstić information content (AvgIpc) is 2.75. The predicted molar refractivity (Wildman–Crippen MR) is 111 cm³/mol. The molecule has 5 heteroatoms. The standard InChI is InChI=1S/C22H14N4S/c27-15-25-18-9-7-16(8-10-18)17-13-21(19-5-1-3-11-23-19)26-22(14-17)20-6-2-4-12-24-20/h1-14H. The van der Waals surface area contributed by atoms with Gasteiger partial charge in [-0.1, -0.05) is 24.3 Å². The van der Waals surface area contributed by atoms with Gasteiger partial charge in [-0.05, 0) is 71.9 Å². The lowest BCUT2D eigenvalue weighted by molar-refractivity contribution is 1.22. The molecule has 4 nitrogen and oxygen atoms in total. The van der Waals surface area contributed by atoms with Crippen molar-refractivity contribution >= 4 is 23.1 Å². The molecule has 0 saturated heterocycles. The van der Waals surface area contributed by atoms with Crippen molar-refractivity contribution in [2.75, 3.05) is 0 Å². The Morgan fingerprint density at radius 2 is 1.26 bits per heavy atom. The zero-order chi connectivity index (χ0) is 18.5. The number of aliphatic imine (C=N–C) groups is 1. The smallest absolute Gasteiger partial charge is 0.0900 e. The first kappa shape index (κ1) is 16.9. The molecular weight excluding hydrogens is 352 g/mol. The van der Waals surface area contributed by atoms with Crippen molar-refractivity contribution < 1.29 is 0 Å². The van der Waals surface area contributed by atoms with Crippen LogP contribution in [0.2, 0.25) is 0 Å². The van der Waals surface area contributed by atoms with Crippen LogP contribution in [0.5, 0.6) is 0 Å². The normalized spacial score (nSPS) is 10.2. The Morgan fingerprint density at radius 1 is 0.667 bits per heavy atom. The molecule has 0 unspecified atom stereocenters. The van der Waals surface area contributed by atoms with Gasteiger partial charge in [-0.2, -0.15) is 4.99 Å². The highest BCUT2D eigenvalue weighted by molar-refractivity contribution is 7.78. The summed E-state index contributed by atoms with van der Waals surface area (Å²) in [6, 6.07) is 23.5. The van der Waals surface area contributed by atoms with E-state index in [9.17, 15) is 0 Å². The first-order chi connectivity index (χ1) is 13.3. The summed E-state index contributed by atoms with van der Waals surface area (Å²) in [6.45, 7) is 0. The molecule has 0 atom stereocenters. The number of nitrogens with zero attached hydrogens (tertiary/aromatic N) is 4. The largest absolute Gasteiger partial charge is 0.255 e. The van der Waals surface area contributed by atoms with Crippen molar-refractivity contribution in [2.24, 2.45) is 4.99 Å². The number of pyridine rings is 3. The minimum absolute atomic E-state index is 0.776. The van der Waals surface area contributed by atoms with Gasteiger partial charge in [0.2, 0.25) is 0 Å². The topological polar surface area (TPSA) is 51.0 Å². The summed E-state index contributed by atoms with van der Waals surface area (Å²) in [5.74, 6) is 0. The van der Waals surface area contributed by atoms with Crippen LogP contribution in [0, 0.1) is 0 Å². The van der Waals surface area contributed by atoms with Crippen LogP contribution in [0.3, 0.4) is 0 Å². The molecule has 4 rings (SSSR count). The van der Waals surface area contributed by atoms with E-state index in [1.54, 1.807) is 12.4 Å². The van der Waals surface area contributed by atoms with Gasteiger partial charge in [0.15, 0.2) is 0 Å².